The molecule has 0 saturated heterocycles. The maximum Gasteiger partial charge on any atom is 0.186 e. The summed E-state index contributed by atoms with van der Waals surface area (Å²) >= 11 is 5.44. The highest BCUT2D eigenvalue weighted by molar-refractivity contribution is 14.1. The van der Waals surface area contributed by atoms with Crippen LogP contribution in [0.25, 0.3) is 0 Å². The van der Waals surface area contributed by atoms with E-state index in [9.17, 15) is 8.42 Å². The van der Waals surface area contributed by atoms with E-state index in [0.717, 1.165) is 21.6 Å². The van der Waals surface area contributed by atoms with Crippen LogP contribution in [0.1, 0.15) is 5.56 Å². The summed E-state index contributed by atoms with van der Waals surface area (Å²) < 4.78 is 28.1. The van der Waals surface area contributed by atoms with Crippen LogP contribution in [0.2, 0.25) is 0 Å². The Morgan fingerprint density at radius 2 is 2.00 bits per heavy atom. The van der Waals surface area contributed by atoms with Gasteiger partial charge in [0.15, 0.2) is 9.84 Å². The topological polar surface area (TPSA) is 49.7 Å². The van der Waals surface area contributed by atoms with Gasteiger partial charge >= 0.3 is 0 Å². The van der Waals surface area contributed by atoms with Gasteiger partial charge in [0.25, 0.3) is 0 Å². The molecule has 0 fully saturated rings. The predicted molar refractivity (Wildman–Crippen MR) is 95.4 cm³/mol. The van der Waals surface area contributed by atoms with Crippen molar-refractivity contribution >= 4 is 54.5 Å². The molecule has 1 atom stereocenters. The van der Waals surface area contributed by atoms with E-state index in [1.54, 1.807) is 18.2 Å². The van der Waals surface area contributed by atoms with Crippen LogP contribution >= 0.6 is 38.8 Å². The van der Waals surface area contributed by atoms with E-state index >= 15 is 0 Å². The van der Waals surface area contributed by atoms with Crippen LogP contribution in [0.5, 0.6) is 0 Å². The Bertz CT molecular complexity index is 782. The summed E-state index contributed by atoms with van der Waals surface area (Å²) in [6, 6.07) is 6.99. The number of hydrogen-bond donors (Lipinski definition) is 0. The largest absolute Gasteiger partial charge is 0.297 e. The maximum atomic E-state index is 12.8. The lowest BCUT2D eigenvalue weighted by molar-refractivity contribution is 0.576. The minimum atomic E-state index is -3.39. The number of fused-ring (bicyclic) bond motifs is 1. The fraction of sp³-hybridized carbons (Fsp3) is 0.214. The van der Waals surface area contributed by atoms with Crippen molar-refractivity contribution in [2.24, 2.45) is 4.99 Å². The Labute approximate surface area is 146 Å². The van der Waals surface area contributed by atoms with Gasteiger partial charge in [0.2, 0.25) is 0 Å². The third-order valence-electron chi connectivity index (χ3n) is 3.43. The van der Waals surface area contributed by atoms with Crippen LogP contribution in [0.3, 0.4) is 0 Å². The summed E-state index contributed by atoms with van der Waals surface area (Å²) in [4.78, 5) is 4.70. The molecule has 110 valence electrons. The lowest BCUT2D eigenvalue weighted by Gasteiger charge is -2.27. The number of benzene rings is 1. The monoisotopic (exact) mass is 478 g/mol. The minimum Gasteiger partial charge on any atom is -0.297 e. The first kappa shape index (κ1) is 15.2. The molecule has 2 aliphatic rings. The van der Waals surface area contributed by atoms with Gasteiger partial charge < -0.3 is 0 Å². The smallest absolute Gasteiger partial charge is 0.186 e. The Kier molecular flexibility index (Phi) is 4.00. The summed E-state index contributed by atoms with van der Waals surface area (Å²) in [7, 11) is -3.39. The van der Waals surface area contributed by atoms with E-state index in [1.807, 2.05) is 28.2 Å². The highest BCUT2D eigenvalue weighted by atomic mass is 127. The Balaban J connectivity index is 2.01. The first-order valence-electron chi connectivity index (χ1n) is 6.30. The highest BCUT2D eigenvalue weighted by Crippen LogP contribution is 2.31. The zero-order chi connectivity index (χ0) is 15.2. The summed E-state index contributed by atoms with van der Waals surface area (Å²) in [5.74, 6) is 0.804. The molecule has 3 rings (SSSR count). The lowest BCUT2D eigenvalue weighted by Crippen LogP contribution is -2.38. The van der Waals surface area contributed by atoms with Crippen LogP contribution in [0.15, 0.2) is 56.5 Å². The van der Waals surface area contributed by atoms with Gasteiger partial charge in [0.05, 0.1) is 34.3 Å². The molecule has 21 heavy (non-hydrogen) atoms. The third-order valence-corrected chi connectivity index (χ3v) is 6.70. The van der Waals surface area contributed by atoms with Crippen LogP contribution < -0.4 is 0 Å². The summed E-state index contributed by atoms with van der Waals surface area (Å²) in [5.41, 5.74) is 1.90. The molecule has 1 aromatic carbocycles. The zero-order valence-electron chi connectivity index (χ0n) is 11.1. The molecule has 1 unspecified atom stereocenters. The van der Waals surface area contributed by atoms with Crippen LogP contribution in [0, 0.1) is 6.92 Å². The number of rotatable bonds is 2. The molecule has 4 nitrogen and oxygen atoms in total. The van der Waals surface area contributed by atoms with E-state index in [4.69, 9.17) is 0 Å². The van der Waals surface area contributed by atoms with Crippen molar-refractivity contribution in [2.75, 3.05) is 6.54 Å². The van der Waals surface area contributed by atoms with Gasteiger partial charge in [-0.1, -0.05) is 23.8 Å². The third kappa shape index (κ3) is 2.83. The predicted octanol–water partition coefficient (Wildman–Crippen LogP) is 3.38. The van der Waals surface area contributed by atoms with E-state index in [0.29, 0.717) is 11.4 Å². The Morgan fingerprint density at radius 1 is 1.33 bits per heavy atom. The Hall–Kier alpha value is -0.670. The van der Waals surface area contributed by atoms with Crippen molar-refractivity contribution in [2.45, 2.75) is 17.1 Å². The van der Waals surface area contributed by atoms with Gasteiger partial charge in [0, 0.05) is 5.57 Å². The highest BCUT2D eigenvalue weighted by Gasteiger charge is 2.34. The van der Waals surface area contributed by atoms with Gasteiger partial charge in [-0.2, -0.15) is 0 Å². The first-order valence-corrected chi connectivity index (χ1v) is 9.60. The molecule has 0 N–H and O–H groups in total. The van der Waals surface area contributed by atoms with Gasteiger partial charge in [-0.15, -0.1) is 0 Å². The van der Waals surface area contributed by atoms with E-state index in [2.05, 4.69) is 43.8 Å². The number of aliphatic imine (C=N–C) groups is 1. The number of nitrogens with zero attached hydrogens (tertiary/aromatic N) is 2. The van der Waals surface area contributed by atoms with E-state index in [1.165, 1.54) is 0 Å². The number of hydrogen-bond acceptors (Lipinski definition) is 4. The Morgan fingerprint density at radius 3 is 2.67 bits per heavy atom. The van der Waals surface area contributed by atoms with E-state index < -0.39 is 15.1 Å². The van der Waals surface area contributed by atoms with Gasteiger partial charge in [-0.3, -0.25) is 3.11 Å². The fourth-order valence-corrected chi connectivity index (χ4v) is 5.32. The van der Waals surface area contributed by atoms with Gasteiger partial charge in [-0.05, 0) is 41.1 Å². The molecule has 7 heteroatoms. The molecule has 0 aromatic heterocycles. The van der Waals surface area contributed by atoms with Crippen molar-refractivity contribution in [3.05, 3.63) is 52.2 Å². The second-order valence-electron chi connectivity index (χ2n) is 4.97. The SMILES string of the molecule is Cc1ccc(S(=O)(=O)C2C=C3C=C(Br)N=C3N(I)C2)cc1. The molecule has 0 radical (unpaired) electrons. The molecule has 2 aliphatic heterocycles. The molecule has 2 heterocycles. The minimum absolute atomic E-state index is 0.362. The molecule has 1 aromatic rings. The average Bonchev–Trinajstić information content (AvgIpc) is 2.80. The molecular weight excluding hydrogens is 467 g/mol. The quantitative estimate of drug-likeness (QED) is 0.372. The van der Waals surface area contributed by atoms with Gasteiger partial charge in [0.1, 0.15) is 15.7 Å². The molecule has 0 saturated carbocycles. The number of amidine groups is 1. The normalized spacial score (nSPS) is 21.6. The van der Waals surface area contributed by atoms with Crippen LogP contribution in [-0.2, 0) is 9.84 Å². The molecular formula is C14H12BrIN2O2S. The second kappa shape index (κ2) is 5.51. The van der Waals surface area contributed by atoms with Crippen LogP contribution in [-0.4, -0.2) is 29.2 Å². The first-order chi connectivity index (χ1) is 9.88. The average molecular weight is 479 g/mol. The van der Waals surface area contributed by atoms with Crippen LogP contribution in [0.4, 0.5) is 0 Å². The molecule has 0 amide bonds. The summed E-state index contributed by atoms with van der Waals surface area (Å²) in [6.45, 7) is 2.34. The van der Waals surface area contributed by atoms with Gasteiger partial charge in [-0.25, -0.2) is 13.4 Å². The zero-order valence-corrected chi connectivity index (χ0v) is 15.7. The molecule has 0 aliphatic carbocycles. The van der Waals surface area contributed by atoms with Crippen molar-refractivity contribution in [1.29, 1.82) is 0 Å². The van der Waals surface area contributed by atoms with Crippen molar-refractivity contribution in [1.82, 2.24) is 3.11 Å². The number of aryl methyl sites for hydroxylation is 1. The van der Waals surface area contributed by atoms with Crippen molar-refractivity contribution in [3.63, 3.8) is 0 Å². The summed E-state index contributed by atoms with van der Waals surface area (Å²) in [6.07, 6.45) is 3.63. The number of halogens is 2. The maximum absolute atomic E-state index is 12.8. The molecule has 0 spiro atoms. The second-order valence-corrected chi connectivity index (χ2v) is 9.11. The van der Waals surface area contributed by atoms with Crippen molar-refractivity contribution < 1.29 is 8.42 Å². The number of sulfone groups is 1. The fourth-order valence-electron chi connectivity index (χ4n) is 2.30. The van der Waals surface area contributed by atoms with Crippen molar-refractivity contribution in [3.8, 4) is 0 Å². The summed E-state index contributed by atoms with van der Waals surface area (Å²) in [5, 5.41) is -0.569. The lowest BCUT2D eigenvalue weighted by atomic mass is 10.1. The molecule has 0 bridgehead atoms. The standard InChI is InChI=1S/C14H12BrIN2O2S/c1-9-2-4-11(5-3-9)21(19,20)12-6-10-7-13(15)17-14(10)18(16)8-12/h2-7,12H,8H2,1H3. The van der Waals surface area contributed by atoms with E-state index in [-0.39, 0.29) is 0 Å².